The third-order valence-electron chi connectivity index (χ3n) is 5.14. The van der Waals surface area contributed by atoms with Crippen LogP contribution in [-0.2, 0) is 19.2 Å². The molecule has 2 aliphatic heterocycles. The number of nitrogens with one attached hydrogen (secondary N) is 1. The molecule has 2 atom stereocenters. The van der Waals surface area contributed by atoms with Crippen molar-refractivity contribution in [3.05, 3.63) is 34.9 Å². The van der Waals surface area contributed by atoms with E-state index in [1.807, 2.05) is 0 Å². The van der Waals surface area contributed by atoms with Crippen LogP contribution in [0.5, 0.6) is 0 Å². The van der Waals surface area contributed by atoms with Gasteiger partial charge in [-0.1, -0.05) is 12.1 Å². The second kappa shape index (κ2) is 7.82. The number of amides is 6. The first kappa shape index (κ1) is 20.2. The molecular weight excluding hydrogens is 380 g/mol. The van der Waals surface area contributed by atoms with Gasteiger partial charge in [0, 0.05) is 12.8 Å². The molecule has 1 aromatic rings. The van der Waals surface area contributed by atoms with E-state index in [9.17, 15) is 28.8 Å². The van der Waals surface area contributed by atoms with Crippen molar-refractivity contribution in [3.63, 3.8) is 0 Å². The zero-order valence-corrected chi connectivity index (χ0v) is 15.5. The molecule has 2 aliphatic rings. The Morgan fingerprint density at radius 1 is 1.14 bits per heavy atom. The van der Waals surface area contributed by atoms with Gasteiger partial charge < -0.3 is 11.5 Å². The topological polar surface area (TPSA) is 170 Å². The number of nitrogens with zero attached hydrogens (tertiary/aromatic N) is 1. The lowest BCUT2D eigenvalue weighted by Gasteiger charge is -2.28. The maximum Gasteiger partial charge on any atom is 0.262 e. The van der Waals surface area contributed by atoms with Crippen molar-refractivity contribution in [2.24, 2.45) is 11.5 Å². The zero-order valence-electron chi connectivity index (χ0n) is 15.5. The molecule has 0 bridgehead atoms. The average Bonchev–Trinajstić information content (AvgIpc) is 2.90. The van der Waals surface area contributed by atoms with Crippen LogP contribution >= 0.6 is 0 Å². The molecule has 0 saturated carbocycles. The van der Waals surface area contributed by atoms with Gasteiger partial charge in [0.05, 0.1) is 17.0 Å². The molecule has 2 unspecified atom stereocenters. The van der Waals surface area contributed by atoms with Crippen LogP contribution in [0.2, 0.25) is 0 Å². The number of rotatable bonds is 7. The Balaban J connectivity index is 1.95. The van der Waals surface area contributed by atoms with E-state index in [0.29, 0.717) is 0 Å². The lowest BCUT2D eigenvalue weighted by atomic mass is 9.87. The number of nitrogens with two attached hydrogens (primary N) is 2. The van der Waals surface area contributed by atoms with Gasteiger partial charge in [-0.25, -0.2) is 0 Å². The number of carbonyl (C=O) groups excluding carboxylic acids is 6. The minimum atomic E-state index is -1.10. The van der Waals surface area contributed by atoms with Gasteiger partial charge in [0.25, 0.3) is 11.8 Å². The third kappa shape index (κ3) is 3.73. The third-order valence-corrected chi connectivity index (χ3v) is 5.14. The van der Waals surface area contributed by atoms with Crippen LogP contribution < -0.4 is 16.8 Å². The van der Waals surface area contributed by atoms with Gasteiger partial charge in [0.2, 0.25) is 23.6 Å². The van der Waals surface area contributed by atoms with Crippen molar-refractivity contribution >= 4 is 35.4 Å². The number of primary amides is 2. The normalized spacial score (nSPS) is 19.7. The van der Waals surface area contributed by atoms with Crippen molar-refractivity contribution in [2.75, 3.05) is 0 Å². The molecule has 152 valence electrons. The molecule has 5 N–H and O–H groups in total. The molecule has 0 aliphatic carbocycles. The fourth-order valence-electron chi connectivity index (χ4n) is 3.76. The lowest BCUT2D eigenvalue weighted by molar-refractivity contribution is -0.136. The average molecular weight is 400 g/mol. The van der Waals surface area contributed by atoms with Gasteiger partial charge in [-0.2, -0.15) is 0 Å². The summed E-state index contributed by atoms with van der Waals surface area (Å²) >= 11 is 0. The number of hydrogen-bond acceptors (Lipinski definition) is 6. The summed E-state index contributed by atoms with van der Waals surface area (Å²) < 4.78 is 0. The second-order valence-corrected chi connectivity index (χ2v) is 7.03. The fraction of sp³-hybridized carbons (Fsp3) is 0.368. The summed E-state index contributed by atoms with van der Waals surface area (Å²) in [7, 11) is 0. The summed E-state index contributed by atoms with van der Waals surface area (Å²) in [4.78, 5) is 73.3. The van der Waals surface area contributed by atoms with Gasteiger partial charge in [-0.3, -0.25) is 39.0 Å². The highest BCUT2D eigenvalue weighted by Gasteiger charge is 2.46. The van der Waals surface area contributed by atoms with Crippen LogP contribution in [0.25, 0.3) is 0 Å². The largest absolute Gasteiger partial charge is 0.370 e. The van der Waals surface area contributed by atoms with E-state index < -0.39 is 47.4 Å². The number of piperidine rings is 1. The molecule has 29 heavy (non-hydrogen) atoms. The van der Waals surface area contributed by atoms with Crippen molar-refractivity contribution in [1.29, 1.82) is 0 Å². The highest BCUT2D eigenvalue weighted by Crippen LogP contribution is 2.34. The number of hydrogen-bond donors (Lipinski definition) is 3. The Hall–Kier alpha value is -3.56. The predicted molar refractivity (Wildman–Crippen MR) is 98.1 cm³/mol. The molecule has 10 nitrogen and oxygen atoms in total. The van der Waals surface area contributed by atoms with Crippen molar-refractivity contribution in [1.82, 2.24) is 10.2 Å². The predicted octanol–water partition coefficient (Wildman–Crippen LogP) is -0.688. The Morgan fingerprint density at radius 3 is 2.48 bits per heavy atom. The molecular formula is C19H20N4O6. The Bertz CT molecular complexity index is 941. The first-order valence-electron chi connectivity index (χ1n) is 9.14. The molecule has 10 heteroatoms. The van der Waals surface area contributed by atoms with E-state index in [1.54, 1.807) is 0 Å². The van der Waals surface area contributed by atoms with Gasteiger partial charge in [0.1, 0.15) is 6.04 Å². The summed E-state index contributed by atoms with van der Waals surface area (Å²) in [5.74, 6) is -4.69. The number of imide groups is 2. The van der Waals surface area contributed by atoms with Crippen LogP contribution in [0.15, 0.2) is 18.2 Å². The summed E-state index contributed by atoms with van der Waals surface area (Å²) in [5.41, 5.74) is 11.0. The van der Waals surface area contributed by atoms with Gasteiger partial charge in [0.15, 0.2) is 0 Å². The van der Waals surface area contributed by atoms with E-state index in [-0.39, 0.29) is 48.8 Å². The standard InChI is InChI=1S/C19H20N4O6/c20-13(24)6-2-4-10(16(21)26)9-3-1-5-11-15(9)19(29)23(18(11)28)12-7-8-14(25)22-17(12)27/h1,3,5,10,12H,2,4,6-8H2,(H2,20,24)(H2,21,26)(H,22,25,27). The van der Waals surface area contributed by atoms with Gasteiger partial charge >= 0.3 is 0 Å². The molecule has 0 aromatic heterocycles. The molecule has 0 radical (unpaired) electrons. The molecule has 2 heterocycles. The highest BCUT2D eigenvalue weighted by molar-refractivity contribution is 6.24. The summed E-state index contributed by atoms with van der Waals surface area (Å²) in [6.45, 7) is 0. The van der Waals surface area contributed by atoms with E-state index in [0.717, 1.165) is 4.90 Å². The summed E-state index contributed by atoms with van der Waals surface area (Å²) in [6.07, 6.45) is 0.547. The molecule has 0 spiro atoms. The SMILES string of the molecule is NC(=O)CCCC(C(N)=O)c1cccc2c1C(=O)N(C1CCC(=O)NC1=O)C2=O. The molecule has 1 fully saturated rings. The monoisotopic (exact) mass is 400 g/mol. The van der Waals surface area contributed by atoms with E-state index in [1.165, 1.54) is 18.2 Å². The van der Waals surface area contributed by atoms with Crippen molar-refractivity contribution in [3.8, 4) is 0 Å². The first-order chi connectivity index (χ1) is 13.7. The Kier molecular flexibility index (Phi) is 5.44. The molecule has 3 rings (SSSR count). The summed E-state index contributed by atoms with van der Waals surface area (Å²) in [6, 6.07) is 3.39. The van der Waals surface area contributed by atoms with Crippen LogP contribution in [0, 0.1) is 0 Å². The molecule has 1 saturated heterocycles. The quantitative estimate of drug-likeness (QED) is 0.512. The van der Waals surface area contributed by atoms with Gasteiger partial charge in [-0.05, 0) is 30.9 Å². The van der Waals surface area contributed by atoms with Crippen LogP contribution in [-0.4, -0.2) is 46.4 Å². The number of fused-ring (bicyclic) bond motifs is 1. The highest BCUT2D eigenvalue weighted by atomic mass is 16.2. The Morgan fingerprint density at radius 2 is 1.86 bits per heavy atom. The van der Waals surface area contributed by atoms with E-state index >= 15 is 0 Å². The van der Waals surface area contributed by atoms with Crippen molar-refractivity contribution < 1.29 is 28.8 Å². The van der Waals surface area contributed by atoms with Crippen LogP contribution in [0.3, 0.4) is 0 Å². The zero-order chi connectivity index (χ0) is 21.3. The lowest BCUT2D eigenvalue weighted by Crippen LogP contribution is -2.54. The number of carbonyl (C=O) groups is 6. The maximum atomic E-state index is 13.1. The van der Waals surface area contributed by atoms with Crippen molar-refractivity contribution in [2.45, 2.75) is 44.1 Å². The minimum Gasteiger partial charge on any atom is -0.370 e. The van der Waals surface area contributed by atoms with E-state index in [4.69, 9.17) is 11.5 Å². The minimum absolute atomic E-state index is 0.00764. The second-order valence-electron chi connectivity index (χ2n) is 7.03. The van der Waals surface area contributed by atoms with Crippen LogP contribution in [0.4, 0.5) is 0 Å². The van der Waals surface area contributed by atoms with E-state index in [2.05, 4.69) is 5.32 Å². The summed E-state index contributed by atoms with van der Waals surface area (Å²) in [5, 5.41) is 2.13. The maximum absolute atomic E-state index is 13.1. The van der Waals surface area contributed by atoms with Crippen LogP contribution in [0.1, 0.15) is 64.3 Å². The van der Waals surface area contributed by atoms with Gasteiger partial charge in [-0.15, -0.1) is 0 Å². The molecule has 1 aromatic carbocycles. The Labute approximate surface area is 165 Å². The number of benzene rings is 1. The first-order valence-corrected chi connectivity index (χ1v) is 9.14. The molecule has 6 amide bonds. The smallest absolute Gasteiger partial charge is 0.262 e. The fourth-order valence-corrected chi connectivity index (χ4v) is 3.76.